The van der Waals surface area contributed by atoms with Crippen molar-refractivity contribution in [2.24, 2.45) is 13.0 Å². The maximum atomic E-state index is 12.3. The highest BCUT2D eigenvalue weighted by molar-refractivity contribution is 5.93. The summed E-state index contributed by atoms with van der Waals surface area (Å²) in [5.41, 5.74) is 2.63. The summed E-state index contributed by atoms with van der Waals surface area (Å²) in [6.45, 7) is 5.73. The van der Waals surface area contributed by atoms with Gasteiger partial charge in [-0.25, -0.2) is 0 Å². The van der Waals surface area contributed by atoms with Crippen molar-refractivity contribution in [3.8, 4) is 0 Å². The highest BCUT2D eigenvalue weighted by atomic mass is 16.2. The zero-order valence-electron chi connectivity index (χ0n) is 14.9. The van der Waals surface area contributed by atoms with Crippen molar-refractivity contribution < 1.29 is 4.79 Å². The minimum atomic E-state index is -0.279. The molecule has 1 aromatic carbocycles. The number of carbonyl (C=O) groups is 1. The lowest BCUT2D eigenvalue weighted by atomic mass is 10.1. The van der Waals surface area contributed by atoms with Crippen molar-refractivity contribution in [1.29, 1.82) is 0 Å². The summed E-state index contributed by atoms with van der Waals surface area (Å²) < 4.78 is 1.43. The van der Waals surface area contributed by atoms with Gasteiger partial charge in [-0.05, 0) is 49.1 Å². The van der Waals surface area contributed by atoms with Gasteiger partial charge in [-0.1, -0.05) is 24.3 Å². The van der Waals surface area contributed by atoms with Gasteiger partial charge in [0, 0.05) is 32.9 Å². The maximum absolute atomic E-state index is 12.3. The van der Waals surface area contributed by atoms with E-state index in [-0.39, 0.29) is 17.0 Å². The van der Waals surface area contributed by atoms with Crippen LogP contribution >= 0.6 is 0 Å². The standard InChI is InChI=1S/C20H25N3O2/c1-15-6-3-4-7-17(15)14-23-11-9-16(13-23)12-21-19(24)18-8-5-10-22(2)20(18)25/h3-8,10,16H,9,11-14H2,1-2H3,(H,21,24)/t16-/m1/s1. The van der Waals surface area contributed by atoms with E-state index in [4.69, 9.17) is 0 Å². The van der Waals surface area contributed by atoms with Crippen LogP contribution in [0.4, 0.5) is 0 Å². The van der Waals surface area contributed by atoms with Crippen molar-refractivity contribution in [1.82, 2.24) is 14.8 Å². The third kappa shape index (κ3) is 4.17. The Kier molecular flexibility index (Phi) is 5.34. The largest absolute Gasteiger partial charge is 0.352 e. The number of nitrogens with one attached hydrogen (secondary N) is 1. The van der Waals surface area contributed by atoms with E-state index in [2.05, 4.69) is 41.4 Å². The van der Waals surface area contributed by atoms with Crippen LogP contribution < -0.4 is 10.9 Å². The molecule has 1 aromatic heterocycles. The number of likely N-dealkylation sites (tertiary alicyclic amines) is 1. The van der Waals surface area contributed by atoms with Crippen LogP contribution in [0.15, 0.2) is 47.4 Å². The minimum Gasteiger partial charge on any atom is -0.352 e. The summed E-state index contributed by atoms with van der Waals surface area (Å²) in [5.74, 6) is 0.152. The van der Waals surface area contributed by atoms with Gasteiger partial charge in [0.1, 0.15) is 5.56 Å². The predicted molar refractivity (Wildman–Crippen MR) is 98.6 cm³/mol. The van der Waals surface area contributed by atoms with Crippen molar-refractivity contribution in [3.05, 3.63) is 69.6 Å². The van der Waals surface area contributed by atoms with Crippen LogP contribution in [0, 0.1) is 12.8 Å². The molecule has 25 heavy (non-hydrogen) atoms. The Labute approximate surface area is 148 Å². The number of amides is 1. The molecule has 132 valence electrons. The second-order valence-corrected chi connectivity index (χ2v) is 6.86. The third-order valence-electron chi connectivity index (χ3n) is 4.94. The fourth-order valence-corrected chi connectivity index (χ4v) is 3.35. The summed E-state index contributed by atoms with van der Waals surface area (Å²) in [6, 6.07) is 11.8. The normalized spacial score (nSPS) is 17.6. The highest BCUT2D eigenvalue weighted by Crippen LogP contribution is 2.19. The third-order valence-corrected chi connectivity index (χ3v) is 4.94. The SMILES string of the molecule is Cc1ccccc1CN1CC[C@H](CNC(=O)c2cccn(C)c2=O)C1. The number of carbonyl (C=O) groups excluding carboxylic acids is 1. The Morgan fingerprint density at radius 3 is 2.84 bits per heavy atom. The zero-order chi connectivity index (χ0) is 17.8. The second-order valence-electron chi connectivity index (χ2n) is 6.86. The number of benzene rings is 1. The van der Waals surface area contributed by atoms with E-state index in [1.807, 2.05) is 0 Å². The van der Waals surface area contributed by atoms with Gasteiger partial charge in [0.05, 0.1) is 0 Å². The Morgan fingerprint density at radius 1 is 1.24 bits per heavy atom. The van der Waals surface area contributed by atoms with E-state index in [0.717, 1.165) is 26.1 Å². The van der Waals surface area contributed by atoms with Gasteiger partial charge in [-0.15, -0.1) is 0 Å². The lowest BCUT2D eigenvalue weighted by molar-refractivity contribution is 0.0945. The quantitative estimate of drug-likeness (QED) is 0.906. The molecule has 3 rings (SSSR count). The minimum absolute atomic E-state index is 0.208. The van der Waals surface area contributed by atoms with Gasteiger partial charge in [0.15, 0.2) is 0 Å². The predicted octanol–water partition coefficient (Wildman–Crippen LogP) is 1.95. The van der Waals surface area contributed by atoms with Gasteiger partial charge in [0.2, 0.25) is 0 Å². The number of pyridine rings is 1. The maximum Gasteiger partial charge on any atom is 0.263 e. The summed E-state index contributed by atoms with van der Waals surface area (Å²) in [5, 5.41) is 2.93. The molecule has 0 bridgehead atoms. The van der Waals surface area contributed by atoms with Crippen LogP contribution in [0.3, 0.4) is 0 Å². The fraction of sp³-hybridized carbons (Fsp3) is 0.400. The van der Waals surface area contributed by atoms with Crippen molar-refractivity contribution in [2.75, 3.05) is 19.6 Å². The summed E-state index contributed by atoms with van der Waals surface area (Å²) in [6.07, 6.45) is 2.72. The molecule has 1 aliphatic rings. The molecule has 1 aliphatic heterocycles. The Balaban J connectivity index is 1.52. The number of hydrogen-bond donors (Lipinski definition) is 1. The van der Waals surface area contributed by atoms with Gasteiger partial charge in [0.25, 0.3) is 11.5 Å². The van der Waals surface area contributed by atoms with Crippen LogP contribution in [-0.2, 0) is 13.6 Å². The summed E-state index contributed by atoms with van der Waals surface area (Å²) in [7, 11) is 1.65. The topological polar surface area (TPSA) is 54.3 Å². The number of rotatable bonds is 5. The van der Waals surface area contributed by atoms with Gasteiger partial charge in [-0.2, -0.15) is 0 Å². The van der Waals surface area contributed by atoms with Gasteiger partial charge < -0.3 is 9.88 Å². The average molecular weight is 339 g/mol. The summed E-state index contributed by atoms with van der Waals surface area (Å²) in [4.78, 5) is 26.7. The van der Waals surface area contributed by atoms with Crippen LogP contribution in [0.1, 0.15) is 27.9 Å². The molecule has 1 saturated heterocycles. The molecule has 0 unspecified atom stereocenters. The van der Waals surface area contributed by atoms with E-state index in [0.29, 0.717) is 12.5 Å². The van der Waals surface area contributed by atoms with Gasteiger partial charge in [-0.3, -0.25) is 14.5 Å². The molecule has 0 saturated carbocycles. The Morgan fingerprint density at radius 2 is 2.04 bits per heavy atom. The van der Waals surface area contributed by atoms with Crippen molar-refractivity contribution in [2.45, 2.75) is 19.9 Å². The molecule has 0 spiro atoms. The first-order valence-electron chi connectivity index (χ1n) is 8.75. The Hall–Kier alpha value is -2.40. The van der Waals surface area contributed by atoms with E-state index in [9.17, 15) is 9.59 Å². The molecule has 1 N–H and O–H groups in total. The first-order chi connectivity index (χ1) is 12.0. The first-order valence-corrected chi connectivity index (χ1v) is 8.75. The molecule has 2 heterocycles. The van der Waals surface area contributed by atoms with Crippen LogP contribution in [-0.4, -0.2) is 35.0 Å². The lowest BCUT2D eigenvalue weighted by Crippen LogP contribution is -2.35. The molecule has 5 nitrogen and oxygen atoms in total. The smallest absolute Gasteiger partial charge is 0.263 e. The molecule has 1 fully saturated rings. The number of aromatic nitrogens is 1. The van der Waals surface area contributed by atoms with Gasteiger partial charge >= 0.3 is 0 Å². The molecule has 2 aromatic rings. The van der Waals surface area contributed by atoms with E-state index in [1.165, 1.54) is 15.7 Å². The van der Waals surface area contributed by atoms with E-state index >= 15 is 0 Å². The Bertz CT molecular complexity index is 813. The van der Waals surface area contributed by atoms with E-state index < -0.39 is 0 Å². The molecule has 0 radical (unpaired) electrons. The monoisotopic (exact) mass is 339 g/mol. The first kappa shape index (κ1) is 17.4. The van der Waals surface area contributed by atoms with Crippen LogP contribution in [0.25, 0.3) is 0 Å². The fourth-order valence-electron chi connectivity index (χ4n) is 3.35. The number of nitrogens with zero attached hydrogens (tertiary/aromatic N) is 2. The average Bonchev–Trinajstić information content (AvgIpc) is 3.05. The molecular formula is C20H25N3O2. The number of hydrogen-bond acceptors (Lipinski definition) is 3. The number of aryl methyl sites for hydroxylation is 2. The lowest BCUT2D eigenvalue weighted by Gasteiger charge is -2.17. The highest BCUT2D eigenvalue weighted by Gasteiger charge is 2.23. The molecule has 0 aliphatic carbocycles. The molecule has 1 amide bonds. The molecule has 5 heteroatoms. The van der Waals surface area contributed by atoms with E-state index in [1.54, 1.807) is 25.4 Å². The van der Waals surface area contributed by atoms with Crippen molar-refractivity contribution in [3.63, 3.8) is 0 Å². The van der Waals surface area contributed by atoms with Crippen molar-refractivity contribution >= 4 is 5.91 Å². The van der Waals surface area contributed by atoms with Crippen LogP contribution in [0.2, 0.25) is 0 Å². The summed E-state index contributed by atoms with van der Waals surface area (Å²) >= 11 is 0. The van der Waals surface area contributed by atoms with Crippen LogP contribution in [0.5, 0.6) is 0 Å². The second kappa shape index (κ2) is 7.66. The zero-order valence-corrected chi connectivity index (χ0v) is 14.9. The molecule has 1 atom stereocenters. The molecular weight excluding hydrogens is 314 g/mol.